The zero-order valence-corrected chi connectivity index (χ0v) is 11.2. The van der Waals surface area contributed by atoms with Crippen LogP contribution in [0, 0.1) is 11.6 Å². The summed E-state index contributed by atoms with van der Waals surface area (Å²) in [6, 6.07) is 8.67. The van der Waals surface area contributed by atoms with Gasteiger partial charge in [-0.05, 0) is 30.3 Å². The summed E-state index contributed by atoms with van der Waals surface area (Å²) in [6.45, 7) is 0. The van der Waals surface area contributed by atoms with Crippen LogP contribution in [0.25, 0.3) is 0 Å². The van der Waals surface area contributed by atoms with Crippen molar-refractivity contribution in [3.05, 3.63) is 59.1 Å². The maximum atomic E-state index is 13.3. The molecule has 0 aliphatic rings. The van der Waals surface area contributed by atoms with Crippen LogP contribution in [0.15, 0.2) is 42.5 Å². The summed E-state index contributed by atoms with van der Waals surface area (Å²) < 4.78 is 26.3. The molecule has 108 valence electrons. The van der Waals surface area contributed by atoms with Gasteiger partial charge < -0.3 is 10.6 Å². The second kappa shape index (κ2) is 6.32. The Morgan fingerprint density at radius 1 is 0.952 bits per heavy atom. The van der Waals surface area contributed by atoms with Gasteiger partial charge >= 0.3 is 11.8 Å². The summed E-state index contributed by atoms with van der Waals surface area (Å²) >= 11 is 5.73. The molecule has 0 spiro atoms. The number of carbonyl (C=O) groups excluding carboxylic acids is 2. The third kappa shape index (κ3) is 4.00. The van der Waals surface area contributed by atoms with Gasteiger partial charge in [-0.3, -0.25) is 9.59 Å². The zero-order valence-electron chi connectivity index (χ0n) is 10.5. The molecule has 0 unspecified atom stereocenters. The van der Waals surface area contributed by atoms with E-state index in [2.05, 4.69) is 5.32 Å². The third-order valence-electron chi connectivity index (χ3n) is 2.47. The minimum Gasteiger partial charge on any atom is -0.318 e. The molecular formula is C14H9ClF2N2O2. The largest absolute Gasteiger partial charge is 0.318 e. The van der Waals surface area contributed by atoms with Crippen molar-refractivity contribution >= 4 is 34.8 Å². The molecule has 0 heterocycles. The number of nitrogens with one attached hydrogen (secondary N) is 2. The van der Waals surface area contributed by atoms with E-state index in [9.17, 15) is 18.4 Å². The van der Waals surface area contributed by atoms with Gasteiger partial charge in [0.25, 0.3) is 0 Å². The fraction of sp³-hybridized carbons (Fsp3) is 0. The van der Waals surface area contributed by atoms with Crippen molar-refractivity contribution in [2.75, 3.05) is 10.6 Å². The Kier molecular flexibility index (Phi) is 4.49. The standard InChI is InChI=1S/C14H9ClF2N2O2/c15-8-2-1-3-10(6-8)18-13(20)14(21)19-12-7-9(16)4-5-11(12)17/h1-7H,(H,18,20)(H,19,21). The molecule has 0 aliphatic carbocycles. The molecule has 7 heteroatoms. The Morgan fingerprint density at radius 3 is 2.38 bits per heavy atom. The van der Waals surface area contributed by atoms with Crippen molar-refractivity contribution in [3.63, 3.8) is 0 Å². The van der Waals surface area contributed by atoms with Crippen molar-refractivity contribution in [1.29, 1.82) is 0 Å². The predicted octanol–water partition coefficient (Wildman–Crippen LogP) is 3.20. The first-order chi connectivity index (χ1) is 9.95. The molecule has 0 aliphatic heterocycles. The molecule has 0 saturated carbocycles. The summed E-state index contributed by atoms with van der Waals surface area (Å²) in [5, 5.41) is 4.65. The number of rotatable bonds is 2. The second-order valence-electron chi connectivity index (χ2n) is 4.04. The molecule has 0 radical (unpaired) electrons. The van der Waals surface area contributed by atoms with Gasteiger partial charge in [-0.25, -0.2) is 8.78 Å². The highest BCUT2D eigenvalue weighted by Gasteiger charge is 2.16. The van der Waals surface area contributed by atoms with E-state index in [1.54, 1.807) is 12.1 Å². The Morgan fingerprint density at radius 2 is 1.67 bits per heavy atom. The van der Waals surface area contributed by atoms with Crippen LogP contribution in [-0.2, 0) is 9.59 Å². The van der Waals surface area contributed by atoms with Crippen LogP contribution in [0.2, 0.25) is 5.02 Å². The van der Waals surface area contributed by atoms with Crippen LogP contribution in [0.3, 0.4) is 0 Å². The van der Waals surface area contributed by atoms with Gasteiger partial charge in [-0.15, -0.1) is 0 Å². The molecule has 21 heavy (non-hydrogen) atoms. The molecule has 0 atom stereocenters. The highest BCUT2D eigenvalue weighted by molar-refractivity contribution is 6.43. The molecule has 0 fully saturated rings. The number of benzene rings is 2. The molecule has 2 aromatic rings. The number of amides is 2. The number of hydrogen-bond donors (Lipinski definition) is 2. The van der Waals surface area contributed by atoms with Gasteiger partial charge in [0, 0.05) is 16.8 Å². The smallest absolute Gasteiger partial charge is 0.314 e. The molecule has 0 aromatic heterocycles. The van der Waals surface area contributed by atoms with E-state index >= 15 is 0 Å². The molecule has 0 saturated heterocycles. The maximum Gasteiger partial charge on any atom is 0.314 e. The first kappa shape index (κ1) is 14.9. The Hall–Kier alpha value is -2.47. The molecule has 2 N–H and O–H groups in total. The lowest BCUT2D eigenvalue weighted by atomic mass is 10.3. The quantitative estimate of drug-likeness (QED) is 0.837. The lowest BCUT2D eigenvalue weighted by Crippen LogP contribution is -2.29. The monoisotopic (exact) mass is 310 g/mol. The molecule has 0 bridgehead atoms. The molecule has 4 nitrogen and oxygen atoms in total. The fourth-order valence-electron chi connectivity index (χ4n) is 1.53. The highest BCUT2D eigenvalue weighted by atomic mass is 35.5. The van der Waals surface area contributed by atoms with E-state index in [1.807, 2.05) is 5.32 Å². The van der Waals surface area contributed by atoms with Crippen molar-refractivity contribution in [2.45, 2.75) is 0 Å². The minimum atomic E-state index is -1.13. The van der Waals surface area contributed by atoms with Crippen LogP contribution >= 0.6 is 11.6 Å². The molecular weight excluding hydrogens is 302 g/mol. The van der Waals surface area contributed by atoms with Crippen LogP contribution in [0.4, 0.5) is 20.2 Å². The van der Waals surface area contributed by atoms with Crippen molar-refractivity contribution in [2.24, 2.45) is 0 Å². The summed E-state index contributed by atoms with van der Waals surface area (Å²) in [5.41, 5.74) is -0.108. The summed E-state index contributed by atoms with van der Waals surface area (Å²) in [4.78, 5) is 23.3. The molecule has 2 amide bonds. The number of carbonyl (C=O) groups is 2. The Bertz CT molecular complexity index is 707. The van der Waals surface area contributed by atoms with E-state index < -0.39 is 29.1 Å². The van der Waals surface area contributed by atoms with Gasteiger partial charge in [-0.1, -0.05) is 17.7 Å². The average molecular weight is 311 g/mol. The zero-order chi connectivity index (χ0) is 15.4. The average Bonchev–Trinajstić information content (AvgIpc) is 2.43. The number of anilines is 2. The van der Waals surface area contributed by atoms with Crippen LogP contribution in [0.1, 0.15) is 0 Å². The fourth-order valence-corrected chi connectivity index (χ4v) is 1.72. The van der Waals surface area contributed by atoms with E-state index in [0.29, 0.717) is 10.7 Å². The highest BCUT2D eigenvalue weighted by Crippen LogP contribution is 2.16. The maximum absolute atomic E-state index is 13.3. The van der Waals surface area contributed by atoms with E-state index in [1.165, 1.54) is 12.1 Å². The van der Waals surface area contributed by atoms with E-state index in [4.69, 9.17) is 11.6 Å². The number of hydrogen-bond acceptors (Lipinski definition) is 2. The van der Waals surface area contributed by atoms with Crippen molar-refractivity contribution in [1.82, 2.24) is 0 Å². The molecule has 2 rings (SSSR count). The lowest BCUT2D eigenvalue weighted by molar-refractivity contribution is -0.133. The van der Waals surface area contributed by atoms with E-state index in [0.717, 1.165) is 18.2 Å². The van der Waals surface area contributed by atoms with Gasteiger partial charge in [0.15, 0.2) is 0 Å². The van der Waals surface area contributed by atoms with E-state index in [-0.39, 0.29) is 0 Å². The van der Waals surface area contributed by atoms with Crippen molar-refractivity contribution < 1.29 is 18.4 Å². The third-order valence-corrected chi connectivity index (χ3v) is 2.70. The normalized spacial score (nSPS) is 10.0. The summed E-state index contributed by atoms with van der Waals surface area (Å²) in [5.74, 6) is -3.73. The lowest BCUT2D eigenvalue weighted by Gasteiger charge is -2.07. The van der Waals surface area contributed by atoms with Gasteiger partial charge in [-0.2, -0.15) is 0 Å². The minimum absolute atomic E-state index is 0.308. The van der Waals surface area contributed by atoms with Crippen LogP contribution in [0.5, 0.6) is 0 Å². The predicted molar refractivity (Wildman–Crippen MR) is 75.1 cm³/mol. The van der Waals surface area contributed by atoms with Gasteiger partial charge in [0.2, 0.25) is 0 Å². The molecule has 2 aromatic carbocycles. The second-order valence-corrected chi connectivity index (χ2v) is 4.48. The number of halogens is 3. The van der Waals surface area contributed by atoms with Crippen LogP contribution in [-0.4, -0.2) is 11.8 Å². The van der Waals surface area contributed by atoms with Crippen molar-refractivity contribution in [3.8, 4) is 0 Å². The topological polar surface area (TPSA) is 58.2 Å². The summed E-state index contributed by atoms with van der Waals surface area (Å²) in [6.07, 6.45) is 0. The Labute approximate surface area is 123 Å². The first-order valence-electron chi connectivity index (χ1n) is 5.78. The summed E-state index contributed by atoms with van der Waals surface area (Å²) in [7, 11) is 0. The first-order valence-corrected chi connectivity index (χ1v) is 6.16. The van der Waals surface area contributed by atoms with Gasteiger partial charge in [0.1, 0.15) is 11.6 Å². The SMILES string of the molecule is O=C(Nc1cccc(Cl)c1)C(=O)Nc1cc(F)ccc1F. The Balaban J connectivity index is 2.06. The van der Waals surface area contributed by atoms with Gasteiger partial charge in [0.05, 0.1) is 5.69 Å². The van der Waals surface area contributed by atoms with Crippen LogP contribution < -0.4 is 10.6 Å².